The molecular formula is C14H26N2O2S. The lowest BCUT2D eigenvalue weighted by atomic mass is 9.91. The minimum absolute atomic E-state index is 0.0790. The van der Waals surface area contributed by atoms with E-state index in [1.165, 1.54) is 12.8 Å². The van der Waals surface area contributed by atoms with Gasteiger partial charge in [-0.15, -0.1) is 0 Å². The number of piperidine rings is 1. The van der Waals surface area contributed by atoms with Crippen LogP contribution >= 0.6 is 0 Å². The molecule has 0 amide bonds. The zero-order chi connectivity index (χ0) is 13.3. The third kappa shape index (κ3) is 2.69. The predicted molar refractivity (Wildman–Crippen MR) is 76.5 cm³/mol. The van der Waals surface area contributed by atoms with Crippen molar-refractivity contribution in [1.82, 2.24) is 9.62 Å². The van der Waals surface area contributed by atoms with Crippen molar-refractivity contribution in [2.75, 3.05) is 19.6 Å². The molecule has 2 aliphatic heterocycles. The highest BCUT2D eigenvalue weighted by molar-refractivity contribution is 7.89. The molecule has 0 spiro atoms. The molecule has 0 aromatic carbocycles. The average Bonchev–Trinajstić information content (AvgIpc) is 3.11. The Morgan fingerprint density at radius 3 is 2.42 bits per heavy atom. The van der Waals surface area contributed by atoms with Gasteiger partial charge < -0.3 is 5.32 Å². The Morgan fingerprint density at radius 2 is 1.74 bits per heavy atom. The Balaban J connectivity index is 1.74. The molecule has 19 heavy (non-hydrogen) atoms. The fourth-order valence-corrected chi connectivity index (χ4v) is 6.49. The van der Waals surface area contributed by atoms with E-state index in [0.717, 1.165) is 58.2 Å². The van der Waals surface area contributed by atoms with Crippen LogP contribution in [-0.2, 0) is 10.0 Å². The Bertz CT molecular complexity index is 398. The fourth-order valence-electron chi connectivity index (χ4n) is 4.14. The molecule has 2 unspecified atom stereocenters. The van der Waals surface area contributed by atoms with Gasteiger partial charge in [0, 0.05) is 12.6 Å². The summed E-state index contributed by atoms with van der Waals surface area (Å²) in [5.74, 6) is 0.535. The second-order valence-electron chi connectivity index (χ2n) is 6.38. The predicted octanol–water partition coefficient (Wildman–Crippen LogP) is 1.72. The minimum atomic E-state index is -3.03. The van der Waals surface area contributed by atoms with Crippen molar-refractivity contribution in [2.24, 2.45) is 5.92 Å². The highest BCUT2D eigenvalue weighted by atomic mass is 32.2. The Morgan fingerprint density at radius 1 is 0.947 bits per heavy atom. The van der Waals surface area contributed by atoms with E-state index in [1.807, 2.05) is 4.31 Å². The van der Waals surface area contributed by atoms with E-state index >= 15 is 0 Å². The summed E-state index contributed by atoms with van der Waals surface area (Å²) < 4.78 is 27.5. The normalized spacial score (nSPS) is 34.9. The van der Waals surface area contributed by atoms with Crippen LogP contribution in [0.4, 0.5) is 0 Å². The van der Waals surface area contributed by atoms with Gasteiger partial charge in [0.05, 0.1) is 5.25 Å². The number of nitrogens with one attached hydrogen (secondary N) is 1. The molecule has 2 saturated heterocycles. The van der Waals surface area contributed by atoms with Crippen molar-refractivity contribution in [3.05, 3.63) is 0 Å². The Hall–Kier alpha value is -0.130. The Labute approximate surface area is 117 Å². The van der Waals surface area contributed by atoms with Crippen molar-refractivity contribution in [3.63, 3.8) is 0 Å². The average molecular weight is 286 g/mol. The van der Waals surface area contributed by atoms with Crippen molar-refractivity contribution in [2.45, 2.75) is 62.7 Å². The lowest BCUT2D eigenvalue weighted by Gasteiger charge is -2.35. The second-order valence-corrected chi connectivity index (χ2v) is 8.54. The van der Waals surface area contributed by atoms with E-state index in [0.29, 0.717) is 5.92 Å². The summed E-state index contributed by atoms with van der Waals surface area (Å²) in [5, 5.41) is 3.35. The second kappa shape index (κ2) is 5.70. The van der Waals surface area contributed by atoms with Crippen molar-refractivity contribution in [3.8, 4) is 0 Å². The van der Waals surface area contributed by atoms with Crippen LogP contribution < -0.4 is 5.32 Å². The maximum absolute atomic E-state index is 12.8. The highest BCUT2D eigenvalue weighted by Crippen LogP contribution is 2.35. The van der Waals surface area contributed by atoms with E-state index in [9.17, 15) is 8.42 Å². The third-order valence-corrected chi connectivity index (χ3v) is 7.60. The van der Waals surface area contributed by atoms with Crippen LogP contribution in [-0.4, -0.2) is 43.6 Å². The molecule has 0 aromatic rings. The van der Waals surface area contributed by atoms with Gasteiger partial charge in [0.25, 0.3) is 0 Å². The summed E-state index contributed by atoms with van der Waals surface area (Å²) >= 11 is 0. The molecular weight excluding hydrogens is 260 g/mol. The molecule has 1 N–H and O–H groups in total. The number of hydrogen-bond donors (Lipinski definition) is 1. The quantitative estimate of drug-likeness (QED) is 0.859. The number of rotatable bonds is 3. The van der Waals surface area contributed by atoms with E-state index in [1.54, 1.807) is 0 Å². The molecule has 110 valence electrons. The van der Waals surface area contributed by atoms with Crippen LogP contribution in [0, 0.1) is 5.92 Å². The molecule has 0 radical (unpaired) electrons. The number of hydrogen-bond acceptors (Lipinski definition) is 3. The van der Waals surface area contributed by atoms with Crippen LogP contribution in [0.2, 0.25) is 0 Å². The van der Waals surface area contributed by atoms with Gasteiger partial charge in [0.1, 0.15) is 0 Å². The summed E-state index contributed by atoms with van der Waals surface area (Å²) in [7, 11) is -3.03. The first-order chi connectivity index (χ1) is 9.19. The number of nitrogens with zero attached hydrogens (tertiary/aromatic N) is 1. The fraction of sp³-hybridized carbons (Fsp3) is 1.00. The van der Waals surface area contributed by atoms with Crippen molar-refractivity contribution < 1.29 is 8.42 Å². The molecule has 3 aliphatic rings. The van der Waals surface area contributed by atoms with Crippen LogP contribution in [0.5, 0.6) is 0 Å². The topological polar surface area (TPSA) is 49.4 Å². The zero-order valence-corrected chi connectivity index (χ0v) is 12.5. The molecule has 3 rings (SSSR count). The molecule has 0 bridgehead atoms. The van der Waals surface area contributed by atoms with Gasteiger partial charge >= 0.3 is 0 Å². The standard InChI is InChI=1S/C14H26N2O2S/c17-19(18,13-6-1-2-7-13)16-10-4-8-14(16)12-5-3-9-15-11-12/h12-15H,1-11H2. The van der Waals surface area contributed by atoms with Crippen molar-refractivity contribution in [1.29, 1.82) is 0 Å². The first-order valence-electron chi connectivity index (χ1n) is 7.91. The van der Waals surface area contributed by atoms with Crippen molar-refractivity contribution >= 4 is 10.0 Å². The number of sulfonamides is 1. The zero-order valence-electron chi connectivity index (χ0n) is 11.7. The van der Waals surface area contributed by atoms with Gasteiger partial charge in [0.2, 0.25) is 10.0 Å². The van der Waals surface area contributed by atoms with Crippen LogP contribution in [0.15, 0.2) is 0 Å². The SMILES string of the molecule is O=S(=O)(C1CCCC1)N1CCCC1C1CCCNC1. The lowest BCUT2D eigenvalue weighted by molar-refractivity contribution is 0.237. The van der Waals surface area contributed by atoms with Crippen LogP contribution in [0.1, 0.15) is 51.4 Å². The highest BCUT2D eigenvalue weighted by Gasteiger charge is 2.43. The molecule has 5 heteroatoms. The van der Waals surface area contributed by atoms with Gasteiger partial charge in [-0.25, -0.2) is 8.42 Å². The lowest BCUT2D eigenvalue weighted by Crippen LogP contribution is -2.47. The smallest absolute Gasteiger partial charge is 0.217 e. The van der Waals surface area contributed by atoms with E-state index in [4.69, 9.17) is 0 Å². The van der Waals surface area contributed by atoms with Crippen LogP contribution in [0.25, 0.3) is 0 Å². The molecule has 4 nitrogen and oxygen atoms in total. The van der Waals surface area contributed by atoms with Gasteiger partial charge in [-0.05, 0) is 57.5 Å². The molecule has 1 aliphatic carbocycles. The first-order valence-corrected chi connectivity index (χ1v) is 9.41. The van der Waals surface area contributed by atoms with E-state index in [-0.39, 0.29) is 11.3 Å². The summed E-state index contributed by atoms with van der Waals surface area (Å²) in [5.41, 5.74) is 0. The van der Waals surface area contributed by atoms with Crippen LogP contribution in [0.3, 0.4) is 0 Å². The van der Waals surface area contributed by atoms with Gasteiger partial charge in [0.15, 0.2) is 0 Å². The monoisotopic (exact) mass is 286 g/mol. The molecule has 2 atom stereocenters. The first kappa shape index (κ1) is 13.8. The molecule has 1 saturated carbocycles. The molecule has 2 heterocycles. The molecule has 3 fully saturated rings. The van der Waals surface area contributed by atoms with E-state index < -0.39 is 10.0 Å². The summed E-state index contributed by atoms with van der Waals surface area (Å²) in [6, 6.07) is 0.276. The summed E-state index contributed by atoms with van der Waals surface area (Å²) in [6.45, 7) is 2.86. The largest absolute Gasteiger partial charge is 0.316 e. The molecule has 0 aromatic heterocycles. The maximum Gasteiger partial charge on any atom is 0.217 e. The van der Waals surface area contributed by atoms with E-state index in [2.05, 4.69) is 5.32 Å². The minimum Gasteiger partial charge on any atom is -0.316 e. The third-order valence-electron chi connectivity index (χ3n) is 5.18. The summed E-state index contributed by atoms with van der Waals surface area (Å²) in [6.07, 6.45) is 8.45. The maximum atomic E-state index is 12.8. The van der Waals surface area contributed by atoms with Gasteiger partial charge in [-0.3, -0.25) is 0 Å². The summed E-state index contributed by atoms with van der Waals surface area (Å²) in [4.78, 5) is 0. The van der Waals surface area contributed by atoms with Gasteiger partial charge in [-0.1, -0.05) is 12.8 Å². The Kier molecular flexibility index (Phi) is 4.15. The van der Waals surface area contributed by atoms with Gasteiger partial charge in [-0.2, -0.15) is 4.31 Å².